The fraction of sp³-hybridized carbons (Fsp3) is 0.471. The highest BCUT2D eigenvalue weighted by Gasteiger charge is 2.25. The van der Waals surface area contributed by atoms with Gasteiger partial charge in [-0.2, -0.15) is 5.10 Å². The molecule has 2 rings (SSSR count). The predicted molar refractivity (Wildman–Crippen MR) is 85.4 cm³/mol. The van der Waals surface area contributed by atoms with Crippen LogP contribution in [0.25, 0.3) is 5.57 Å². The number of hydrogen-bond acceptors (Lipinski definition) is 2. The topological polar surface area (TPSA) is 21.1 Å². The van der Waals surface area contributed by atoms with Gasteiger partial charge < -0.3 is 4.90 Å². The highest BCUT2D eigenvalue weighted by molar-refractivity contribution is 5.66. The quantitative estimate of drug-likeness (QED) is 0.823. The summed E-state index contributed by atoms with van der Waals surface area (Å²) in [6.45, 7) is 6.52. The molecular weight excluding hydrogens is 284 g/mol. The Balaban J connectivity index is 2.29. The van der Waals surface area contributed by atoms with Gasteiger partial charge in [0.15, 0.2) is 0 Å². The zero-order chi connectivity index (χ0) is 16.3. The van der Waals surface area contributed by atoms with Crippen LogP contribution in [-0.4, -0.2) is 34.7 Å². The third kappa shape index (κ3) is 3.84. The molecule has 2 heterocycles. The van der Waals surface area contributed by atoms with E-state index < -0.39 is 6.43 Å². The van der Waals surface area contributed by atoms with Crippen LogP contribution in [0.3, 0.4) is 0 Å². The molecule has 0 amide bonds. The van der Waals surface area contributed by atoms with Crippen LogP contribution in [0.4, 0.5) is 8.78 Å². The SMILES string of the molecule is C=CC1=C(/C=C(\C)c2cnn(C)c2)CC(CC(F)F)CN1C. The molecule has 1 aliphatic heterocycles. The number of allylic oxidation sites excluding steroid dienone is 4. The summed E-state index contributed by atoms with van der Waals surface area (Å²) in [5.41, 5.74) is 4.20. The van der Waals surface area contributed by atoms with Gasteiger partial charge in [0.25, 0.3) is 0 Å². The third-order valence-corrected chi connectivity index (χ3v) is 4.04. The number of halogens is 2. The van der Waals surface area contributed by atoms with Gasteiger partial charge in [-0.15, -0.1) is 0 Å². The van der Waals surface area contributed by atoms with Gasteiger partial charge in [-0.1, -0.05) is 12.7 Å². The van der Waals surface area contributed by atoms with Crippen LogP contribution in [0.1, 0.15) is 25.3 Å². The number of hydrogen-bond donors (Lipinski definition) is 0. The standard InChI is InChI=1S/C17H23F2N3/c1-5-16-14(6-12(2)15-9-20-22(4)11-15)7-13(8-17(18)19)10-21(16)3/h5-6,9,11,13,17H,1,7-8,10H2,2-4H3/b12-6+. The maximum atomic E-state index is 12.7. The van der Waals surface area contributed by atoms with E-state index in [0.717, 1.165) is 22.4 Å². The first-order chi connectivity index (χ1) is 10.4. The number of likely N-dealkylation sites (N-methyl/N-ethyl adjacent to an activating group) is 1. The van der Waals surface area contributed by atoms with E-state index in [1.807, 2.05) is 38.3 Å². The largest absolute Gasteiger partial charge is 0.374 e. The van der Waals surface area contributed by atoms with Gasteiger partial charge >= 0.3 is 0 Å². The average Bonchev–Trinajstić information content (AvgIpc) is 2.84. The predicted octanol–water partition coefficient (Wildman–Crippen LogP) is 3.87. The molecule has 3 nitrogen and oxygen atoms in total. The van der Waals surface area contributed by atoms with E-state index >= 15 is 0 Å². The van der Waals surface area contributed by atoms with Gasteiger partial charge in [-0.05, 0) is 36.5 Å². The number of nitrogens with zero attached hydrogens (tertiary/aromatic N) is 3. The summed E-state index contributed by atoms with van der Waals surface area (Å²) in [5.74, 6) is -0.0263. The molecule has 0 spiro atoms. The van der Waals surface area contributed by atoms with Crippen molar-refractivity contribution in [3.8, 4) is 0 Å². The second-order valence-corrected chi connectivity index (χ2v) is 5.92. The Kier molecular flexibility index (Phi) is 5.16. The molecular formula is C17H23F2N3. The molecule has 1 unspecified atom stereocenters. The normalized spacial score (nSPS) is 20.0. The van der Waals surface area contributed by atoms with E-state index in [4.69, 9.17) is 0 Å². The van der Waals surface area contributed by atoms with E-state index in [9.17, 15) is 8.78 Å². The zero-order valence-electron chi connectivity index (χ0n) is 13.4. The lowest BCUT2D eigenvalue weighted by Gasteiger charge is -2.34. The van der Waals surface area contributed by atoms with Crippen LogP contribution in [0.2, 0.25) is 0 Å². The van der Waals surface area contributed by atoms with Crippen molar-refractivity contribution in [2.75, 3.05) is 13.6 Å². The van der Waals surface area contributed by atoms with Gasteiger partial charge in [0.2, 0.25) is 6.43 Å². The molecule has 0 aliphatic carbocycles. The molecule has 1 aliphatic rings. The minimum absolute atomic E-state index is 0.0263. The fourth-order valence-corrected chi connectivity index (χ4v) is 3.01. The van der Waals surface area contributed by atoms with Gasteiger partial charge in [-0.25, -0.2) is 8.78 Å². The van der Waals surface area contributed by atoms with Crippen molar-refractivity contribution in [2.24, 2.45) is 13.0 Å². The Bertz CT molecular complexity index is 599. The molecule has 120 valence electrons. The van der Waals surface area contributed by atoms with E-state index in [2.05, 4.69) is 17.8 Å². The molecule has 0 aromatic carbocycles. The van der Waals surface area contributed by atoms with Gasteiger partial charge in [0, 0.05) is 44.5 Å². The van der Waals surface area contributed by atoms with Crippen molar-refractivity contribution in [1.82, 2.24) is 14.7 Å². The van der Waals surface area contributed by atoms with Crippen molar-refractivity contribution in [3.05, 3.63) is 48.0 Å². The Morgan fingerprint density at radius 2 is 2.23 bits per heavy atom. The van der Waals surface area contributed by atoms with Crippen molar-refractivity contribution in [1.29, 1.82) is 0 Å². The van der Waals surface area contributed by atoms with Crippen LogP contribution in [0, 0.1) is 5.92 Å². The van der Waals surface area contributed by atoms with E-state index in [1.54, 1.807) is 10.8 Å². The summed E-state index contributed by atoms with van der Waals surface area (Å²) < 4.78 is 27.2. The van der Waals surface area contributed by atoms with Crippen LogP contribution in [0.5, 0.6) is 0 Å². The number of alkyl halides is 2. The second-order valence-electron chi connectivity index (χ2n) is 5.92. The van der Waals surface area contributed by atoms with Gasteiger partial charge in [0.1, 0.15) is 0 Å². The smallest absolute Gasteiger partial charge is 0.239 e. The highest BCUT2D eigenvalue weighted by Crippen LogP contribution is 2.32. The Morgan fingerprint density at radius 3 is 2.77 bits per heavy atom. The van der Waals surface area contributed by atoms with Crippen molar-refractivity contribution >= 4 is 5.57 Å². The summed E-state index contributed by atoms with van der Waals surface area (Å²) >= 11 is 0. The third-order valence-electron chi connectivity index (χ3n) is 4.04. The van der Waals surface area contributed by atoms with Crippen LogP contribution in [0.15, 0.2) is 42.4 Å². The number of aryl methyl sites for hydroxylation is 1. The molecule has 0 saturated carbocycles. The summed E-state index contributed by atoms with van der Waals surface area (Å²) in [4.78, 5) is 2.02. The fourth-order valence-electron chi connectivity index (χ4n) is 3.01. The first-order valence-corrected chi connectivity index (χ1v) is 7.43. The molecule has 1 aromatic rings. The van der Waals surface area contributed by atoms with Crippen molar-refractivity contribution in [2.45, 2.75) is 26.2 Å². The molecule has 5 heteroatoms. The Morgan fingerprint density at radius 1 is 1.50 bits per heavy atom. The number of rotatable bonds is 5. The van der Waals surface area contributed by atoms with Gasteiger partial charge in [-0.3, -0.25) is 4.68 Å². The maximum Gasteiger partial charge on any atom is 0.239 e. The summed E-state index contributed by atoms with van der Waals surface area (Å²) in [5, 5.41) is 4.17. The highest BCUT2D eigenvalue weighted by atomic mass is 19.3. The van der Waals surface area contributed by atoms with Gasteiger partial charge in [0.05, 0.1) is 6.20 Å². The molecule has 0 radical (unpaired) electrons. The van der Waals surface area contributed by atoms with E-state index in [-0.39, 0.29) is 12.3 Å². The monoisotopic (exact) mass is 307 g/mol. The Labute approximate surface area is 130 Å². The average molecular weight is 307 g/mol. The summed E-state index contributed by atoms with van der Waals surface area (Å²) in [7, 11) is 3.81. The van der Waals surface area contributed by atoms with E-state index in [0.29, 0.717) is 13.0 Å². The lowest BCUT2D eigenvalue weighted by atomic mass is 9.89. The first kappa shape index (κ1) is 16.5. The molecule has 1 atom stereocenters. The number of aromatic nitrogens is 2. The van der Waals surface area contributed by atoms with Crippen molar-refractivity contribution < 1.29 is 8.78 Å². The second kappa shape index (κ2) is 6.90. The molecule has 1 aromatic heterocycles. The molecule has 0 N–H and O–H groups in total. The lowest BCUT2D eigenvalue weighted by molar-refractivity contribution is 0.104. The molecule has 0 saturated heterocycles. The summed E-state index contributed by atoms with van der Waals surface area (Å²) in [6, 6.07) is 0. The van der Waals surface area contributed by atoms with Crippen LogP contribution < -0.4 is 0 Å². The van der Waals surface area contributed by atoms with E-state index in [1.165, 1.54) is 0 Å². The summed E-state index contributed by atoms with van der Waals surface area (Å²) in [6.07, 6.45) is 5.98. The van der Waals surface area contributed by atoms with Crippen LogP contribution >= 0.6 is 0 Å². The maximum absolute atomic E-state index is 12.7. The zero-order valence-corrected chi connectivity index (χ0v) is 13.4. The molecule has 0 fully saturated rings. The molecule has 0 bridgehead atoms. The van der Waals surface area contributed by atoms with Crippen LogP contribution in [-0.2, 0) is 7.05 Å². The molecule has 22 heavy (non-hydrogen) atoms. The Hall–Kier alpha value is -1.91. The van der Waals surface area contributed by atoms with Crippen molar-refractivity contribution in [3.63, 3.8) is 0 Å². The lowest BCUT2D eigenvalue weighted by Crippen LogP contribution is -2.31. The minimum atomic E-state index is -2.26. The minimum Gasteiger partial charge on any atom is -0.374 e. The first-order valence-electron chi connectivity index (χ1n) is 7.43.